The maximum Gasteiger partial charge on any atom is 0.243 e. The Balaban J connectivity index is 2.20. The lowest BCUT2D eigenvalue weighted by Gasteiger charge is -2.23. The number of nitrogens with zero attached hydrogens (tertiary/aromatic N) is 1. The summed E-state index contributed by atoms with van der Waals surface area (Å²) in [5.41, 5.74) is 0. The summed E-state index contributed by atoms with van der Waals surface area (Å²) in [5.74, 6) is -0.531. The first-order chi connectivity index (χ1) is 9.04. The summed E-state index contributed by atoms with van der Waals surface area (Å²) in [6, 6.07) is 5.37. The van der Waals surface area contributed by atoms with Gasteiger partial charge in [-0.3, -0.25) is 0 Å². The molecule has 0 saturated carbocycles. The van der Waals surface area contributed by atoms with E-state index in [-0.39, 0.29) is 10.9 Å². The molecule has 1 aromatic rings. The van der Waals surface area contributed by atoms with Crippen molar-refractivity contribution in [2.24, 2.45) is 0 Å². The smallest absolute Gasteiger partial charge is 0.243 e. The van der Waals surface area contributed by atoms with Crippen molar-refractivity contribution in [3.05, 3.63) is 30.1 Å². The average Bonchev–Trinajstić information content (AvgIpc) is 2.88. The molecule has 0 aromatic heterocycles. The second kappa shape index (κ2) is 5.98. The van der Waals surface area contributed by atoms with E-state index in [0.717, 1.165) is 25.5 Å². The second-order valence-corrected chi connectivity index (χ2v) is 6.64. The van der Waals surface area contributed by atoms with Crippen molar-refractivity contribution in [1.29, 1.82) is 0 Å². The van der Waals surface area contributed by atoms with Gasteiger partial charge < -0.3 is 5.32 Å². The maximum absolute atomic E-state index is 13.2. The van der Waals surface area contributed by atoms with Gasteiger partial charge in [-0.05, 0) is 37.6 Å². The molecule has 1 aliphatic rings. The van der Waals surface area contributed by atoms with Crippen molar-refractivity contribution in [3.63, 3.8) is 0 Å². The van der Waals surface area contributed by atoms with E-state index in [1.807, 2.05) is 0 Å². The molecule has 2 rings (SSSR count). The van der Waals surface area contributed by atoms with Crippen molar-refractivity contribution in [2.75, 3.05) is 19.6 Å². The van der Waals surface area contributed by atoms with E-state index in [9.17, 15) is 12.8 Å². The number of rotatable bonds is 5. The van der Waals surface area contributed by atoms with Crippen LogP contribution in [-0.2, 0) is 10.0 Å². The van der Waals surface area contributed by atoms with E-state index in [1.165, 1.54) is 22.5 Å². The Labute approximate surface area is 113 Å². The highest BCUT2D eigenvalue weighted by atomic mass is 32.2. The van der Waals surface area contributed by atoms with E-state index in [4.69, 9.17) is 0 Å². The summed E-state index contributed by atoms with van der Waals surface area (Å²) in [6.45, 7) is 3.56. The molecule has 1 aliphatic heterocycles. The highest BCUT2D eigenvalue weighted by Gasteiger charge is 2.27. The van der Waals surface area contributed by atoms with Crippen LogP contribution in [0.4, 0.5) is 4.39 Å². The Kier molecular flexibility index (Phi) is 4.54. The topological polar surface area (TPSA) is 49.4 Å². The Morgan fingerprint density at radius 1 is 1.47 bits per heavy atom. The number of sulfonamides is 1. The molecule has 1 atom stereocenters. The van der Waals surface area contributed by atoms with Gasteiger partial charge in [-0.2, -0.15) is 4.31 Å². The van der Waals surface area contributed by atoms with Crippen LogP contribution in [0.15, 0.2) is 29.2 Å². The van der Waals surface area contributed by atoms with E-state index in [1.54, 1.807) is 6.92 Å². The van der Waals surface area contributed by atoms with Gasteiger partial charge in [-0.15, -0.1) is 0 Å². The van der Waals surface area contributed by atoms with Gasteiger partial charge in [0, 0.05) is 19.1 Å². The number of hydrogen-bond acceptors (Lipinski definition) is 3. The number of nitrogens with one attached hydrogen (secondary N) is 1. The Morgan fingerprint density at radius 2 is 2.26 bits per heavy atom. The Bertz CT molecular complexity index is 527. The fourth-order valence-corrected chi connectivity index (χ4v) is 3.86. The Hall–Kier alpha value is -0.980. The Morgan fingerprint density at radius 3 is 2.84 bits per heavy atom. The highest BCUT2D eigenvalue weighted by molar-refractivity contribution is 7.89. The predicted molar refractivity (Wildman–Crippen MR) is 71.9 cm³/mol. The van der Waals surface area contributed by atoms with Crippen LogP contribution in [0.25, 0.3) is 0 Å². The summed E-state index contributed by atoms with van der Waals surface area (Å²) < 4.78 is 39.5. The van der Waals surface area contributed by atoms with Crippen LogP contribution in [0.3, 0.4) is 0 Å². The third-order valence-corrected chi connectivity index (χ3v) is 5.31. The van der Waals surface area contributed by atoms with E-state index < -0.39 is 15.8 Å². The van der Waals surface area contributed by atoms with E-state index >= 15 is 0 Å². The molecule has 1 N–H and O–H groups in total. The lowest BCUT2D eigenvalue weighted by molar-refractivity contribution is 0.382. The minimum absolute atomic E-state index is 0.0207. The second-order valence-electron chi connectivity index (χ2n) is 4.71. The molecule has 0 radical (unpaired) electrons. The molecule has 0 bridgehead atoms. The van der Waals surface area contributed by atoms with Gasteiger partial charge in [0.15, 0.2) is 0 Å². The highest BCUT2D eigenvalue weighted by Crippen LogP contribution is 2.18. The number of halogens is 1. The van der Waals surface area contributed by atoms with Crippen molar-refractivity contribution < 1.29 is 12.8 Å². The summed E-state index contributed by atoms with van der Waals surface area (Å²) >= 11 is 0. The lowest BCUT2D eigenvalue weighted by atomic mass is 10.2. The van der Waals surface area contributed by atoms with Crippen LogP contribution in [0.1, 0.15) is 19.8 Å². The fourth-order valence-electron chi connectivity index (χ4n) is 2.33. The number of likely N-dealkylation sites (N-methyl/N-ethyl adjacent to an activating group) is 1. The first-order valence-electron chi connectivity index (χ1n) is 6.53. The molecule has 1 saturated heterocycles. The zero-order valence-corrected chi connectivity index (χ0v) is 11.8. The predicted octanol–water partition coefficient (Wildman–Crippen LogP) is 1.59. The first kappa shape index (κ1) is 14.4. The molecule has 0 spiro atoms. The molecule has 6 heteroatoms. The molecular weight excluding hydrogens is 267 g/mol. The monoisotopic (exact) mass is 286 g/mol. The van der Waals surface area contributed by atoms with Crippen LogP contribution >= 0.6 is 0 Å². The summed E-state index contributed by atoms with van der Waals surface area (Å²) in [5, 5.41) is 3.28. The molecule has 1 aromatic carbocycles. The van der Waals surface area contributed by atoms with Gasteiger partial charge in [-0.25, -0.2) is 12.8 Å². The summed E-state index contributed by atoms with van der Waals surface area (Å²) in [7, 11) is -3.61. The number of hydrogen-bond donors (Lipinski definition) is 1. The third kappa shape index (κ3) is 3.32. The van der Waals surface area contributed by atoms with Crippen molar-refractivity contribution in [3.8, 4) is 0 Å². The standard InChI is InChI=1S/C13H19FN2O2S/c1-2-16(10-12-6-4-8-15-12)19(17,18)13-7-3-5-11(14)9-13/h3,5,7,9,12,15H,2,4,6,8,10H2,1H3. The molecule has 0 aliphatic carbocycles. The van der Waals surface area contributed by atoms with Gasteiger partial charge in [-0.1, -0.05) is 13.0 Å². The molecule has 1 fully saturated rings. The molecular formula is C13H19FN2O2S. The fraction of sp³-hybridized carbons (Fsp3) is 0.538. The lowest BCUT2D eigenvalue weighted by Crippen LogP contribution is -2.40. The minimum atomic E-state index is -3.61. The van der Waals surface area contributed by atoms with Crippen LogP contribution in [0.2, 0.25) is 0 Å². The van der Waals surface area contributed by atoms with Crippen LogP contribution in [0, 0.1) is 5.82 Å². The van der Waals surface area contributed by atoms with Crippen LogP contribution in [-0.4, -0.2) is 38.4 Å². The molecule has 19 heavy (non-hydrogen) atoms. The van der Waals surface area contributed by atoms with Crippen LogP contribution in [0.5, 0.6) is 0 Å². The summed E-state index contributed by atoms with van der Waals surface area (Å²) in [6.07, 6.45) is 2.05. The van der Waals surface area contributed by atoms with Crippen LogP contribution < -0.4 is 5.32 Å². The van der Waals surface area contributed by atoms with Gasteiger partial charge in [0.25, 0.3) is 0 Å². The summed E-state index contributed by atoms with van der Waals surface area (Å²) in [4.78, 5) is 0.0207. The average molecular weight is 286 g/mol. The molecule has 0 amide bonds. The van der Waals surface area contributed by atoms with Gasteiger partial charge in [0.05, 0.1) is 4.90 Å². The maximum atomic E-state index is 13.2. The normalized spacial score (nSPS) is 20.1. The molecule has 1 heterocycles. The molecule has 4 nitrogen and oxygen atoms in total. The quantitative estimate of drug-likeness (QED) is 0.894. The van der Waals surface area contributed by atoms with Gasteiger partial charge >= 0.3 is 0 Å². The first-order valence-corrected chi connectivity index (χ1v) is 7.97. The largest absolute Gasteiger partial charge is 0.313 e. The number of benzene rings is 1. The molecule has 106 valence electrons. The van der Waals surface area contributed by atoms with Gasteiger partial charge in [0.2, 0.25) is 10.0 Å². The van der Waals surface area contributed by atoms with Crippen molar-refractivity contribution in [1.82, 2.24) is 9.62 Å². The van der Waals surface area contributed by atoms with Crippen molar-refractivity contribution >= 4 is 10.0 Å². The molecule has 1 unspecified atom stereocenters. The van der Waals surface area contributed by atoms with E-state index in [2.05, 4.69) is 5.32 Å². The zero-order chi connectivity index (χ0) is 13.9. The van der Waals surface area contributed by atoms with Gasteiger partial charge in [0.1, 0.15) is 5.82 Å². The van der Waals surface area contributed by atoms with E-state index in [0.29, 0.717) is 13.1 Å². The SMILES string of the molecule is CCN(CC1CCCN1)S(=O)(=O)c1cccc(F)c1. The van der Waals surface area contributed by atoms with Crippen molar-refractivity contribution in [2.45, 2.75) is 30.7 Å². The third-order valence-electron chi connectivity index (χ3n) is 3.37. The minimum Gasteiger partial charge on any atom is -0.313 e. The zero-order valence-electron chi connectivity index (χ0n) is 11.0.